The molecule has 2 aromatic rings. The lowest BCUT2D eigenvalue weighted by atomic mass is 10.2. The van der Waals surface area contributed by atoms with Gasteiger partial charge in [0.25, 0.3) is 0 Å². The summed E-state index contributed by atoms with van der Waals surface area (Å²) < 4.78 is 5.16. The van der Waals surface area contributed by atoms with Crippen molar-refractivity contribution in [3.8, 4) is 5.75 Å². The van der Waals surface area contributed by atoms with Crippen LogP contribution in [0.25, 0.3) is 0 Å². The van der Waals surface area contributed by atoms with Crippen molar-refractivity contribution in [2.45, 2.75) is 23.5 Å². The molecule has 1 N–H and O–H groups in total. The molecule has 0 saturated heterocycles. The third-order valence-corrected chi connectivity index (χ3v) is 5.07. The van der Waals surface area contributed by atoms with Gasteiger partial charge in [-0.15, -0.1) is 11.8 Å². The fraction of sp³-hybridized carbons (Fsp3) is 0.263. The largest absolute Gasteiger partial charge is 0.497 e. The summed E-state index contributed by atoms with van der Waals surface area (Å²) in [4.78, 5) is 27.7. The maximum Gasteiger partial charge on any atom is 0.244 e. The van der Waals surface area contributed by atoms with E-state index in [1.165, 1.54) is 0 Å². The predicted octanol–water partition coefficient (Wildman–Crippen LogP) is 3.55. The molecule has 0 fully saturated rings. The van der Waals surface area contributed by atoms with Crippen LogP contribution < -0.4 is 15.0 Å². The maximum absolute atomic E-state index is 12.6. The molecule has 1 unspecified atom stereocenters. The highest BCUT2D eigenvalue weighted by Crippen LogP contribution is 2.37. The minimum Gasteiger partial charge on any atom is -0.497 e. The van der Waals surface area contributed by atoms with Gasteiger partial charge < -0.3 is 15.0 Å². The highest BCUT2D eigenvalue weighted by Gasteiger charge is 2.27. The van der Waals surface area contributed by atoms with E-state index in [1.54, 1.807) is 42.0 Å². The Morgan fingerprint density at radius 3 is 2.88 bits per heavy atom. The predicted molar refractivity (Wildman–Crippen MR) is 100 cm³/mol. The number of methoxy groups -OCH3 is 1. The monoisotopic (exact) mass is 356 g/mol. The van der Waals surface area contributed by atoms with Crippen LogP contribution in [0.4, 0.5) is 11.4 Å². The van der Waals surface area contributed by atoms with E-state index in [2.05, 4.69) is 5.32 Å². The third kappa shape index (κ3) is 4.14. The molecule has 1 heterocycles. The molecule has 0 saturated carbocycles. The number of thioether (sulfide) groups is 1. The summed E-state index contributed by atoms with van der Waals surface area (Å²) in [6, 6.07) is 14.9. The molecular formula is C19H20N2O3S. The van der Waals surface area contributed by atoms with Gasteiger partial charge in [-0.2, -0.15) is 0 Å². The van der Waals surface area contributed by atoms with Crippen molar-refractivity contribution in [1.29, 1.82) is 0 Å². The number of anilines is 2. The third-order valence-electron chi connectivity index (χ3n) is 3.90. The average molecular weight is 356 g/mol. The quantitative estimate of drug-likeness (QED) is 0.910. The van der Waals surface area contributed by atoms with E-state index in [4.69, 9.17) is 4.74 Å². The van der Waals surface area contributed by atoms with Crippen molar-refractivity contribution in [3.05, 3.63) is 48.5 Å². The van der Waals surface area contributed by atoms with E-state index in [0.717, 1.165) is 10.6 Å². The summed E-state index contributed by atoms with van der Waals surface area (Å²) in [7, 11) is 1.58. The number of carbonyl (C=O) groups is 2. The van der Waals surface area contributed by atoms with Gasteiger partial charge in [0.1, 0.15) is 12.3 Å². The van der Waals surface area contributed by atoms with Crippen molar-refractivity contribution < 1.29 is 14.3 Å². The minimum absolute atomic E-state index is 0.0136. The molecule has 0 spiro atoms. The number of nitrogens with zero attached hydrogens (tertiary/aromatic N) is 1. The van der Waals surface area contributed by atoms with Gasteiger partial charge in [-0.3, -0.25) is 9.59 Å². The van der Waals surface area contributed by atoms with Crippen LogP contribution in [-0.4, -0.2) is 30.7 Å². The molecule has 0 radical (unpaired) electrons. The first-order chi connectivity index (χ1) is 12.1. The lowest BCUT2D eigenvalue weighted by molar-refractivity contribution is -0.121. The topological polar surface area (TPSA) is 58.6 Å². The van der Waals surface area contributed by atoms with Crippen LogP contribution in [-0.2, 0) is 9.59 Å². The van der Waals surface area contributed by atoms with E-state index in [0.29, 0.717) is 17.9 Å². The second-order valence-electron chi connectivity index (χ2n) is 5.86. The summed E-state index contributed by atoms with van der Waals surface area (Å²) in [5.41, 5.74) is 1.44. The summed E-state index contributed by atoms with van der Waals surface area (Å²) in [5.74, 6) is 0.390. The number of para-hydroxylation sites is 1. The van der Waals surface area contributed by atoms with Gasteiger partial charge in [0.05, 0.1) is 12.8 Å². The minimum atomic E-state index is -0.240. The first-order valence-electron chi connectivity index (χ1n) is 8.07. The van der Waals surface area contributed by atoms with Gasteiger partial charge in [0.2, 0.25) is 11.8 Å². The van der Waals surface area contributed by atoms with Gasteiger partial charge in [0, 0.05) is 28.3 Å². The van der Waals surface area contributed by atoms with Crippen LogP contribution in [0.3, 0.4) is 0 Å². The van der Waals surface area contributed by atoms with Crippen LogP contribution in [0, 0.1) is 0 Å². The standard InChI is InChI=1S/C19H20N2O3S/c1-13-10-19(23)21(16-8-3-4-9-17(16)25-13)12-18(22)20-14-6-5-7-15(11-14)24-2/h3-9,11,13H,10,12H2,1-2H3,(H,20,22). The second kappa shape index (κ2) is 7.61. The molecule has 25 heavy (non-hydrogen) atoms. The second-order valence-corrected chi connectivity index (χ2v) is 7.34. The molecule has 5 nitrogen and oxygen atoms in total. The van der Waals surface area contributed by atoms with Crippen molar-refractivity contribution in [2.75, 3.05) is 23.9 Å². The molecule has 6 heteroatoms. The zero-order valence-electron chi connectivity index (χ0n) is 14.2. The first kappa shape index (κ1) is 17.4. The lowest BCUT2D eigenvalue weighted by Crippen LogP contribution is -2.38. The number of benzene rings is 2. The number of fused-ring (bicyclic) bond motifs is 1. The van der Waals surface area contributed by atoms with E-state index < -0.39 is 0 Å². The molecule has 1 aliphatic heterocycles. The highest BCUT2D eigenvalue weighted by atomic mass is 32.2. The van der Waals surface area contributed by atoms with E-state index in [9.17, 15) is 9.59 Å². The Morgan fingerprint density at radius 2 is 2.08 bits per heavy atom. The van der Waals surface area contributed by atoms with E-state index >= 15 is 0 Å². The molecule has 0 aromatic heterocycles. The Hall–Kier alpha value is -2.47. The van der Waals surface area contributed by atoms with Gasteiger partial charge in [-0.05, 0) is 24.3 Å². The Balaban J connectivity index is 1.78. The molecule has 1 aliphatic rings. The Kier molecular flexibility index (Phi) is 5.28. The van der Waals surface area contributed by atoms with Crippen LogP contribution in [0.1, 0.15) is 13.3 Å². The van der Waals surface area contributed by atoms with Crippen LogP contribution in [0.5, 0.6) is 5.75 Å². The lowest BCUT2D eigenvalue weighted by Gasteiger charge is -2.22. The summed E-state index contributed by atoms with van der Waals surface area (Å²) in [5, 5.41) is 3.01. The molecule has 2 aromatic carbocycles. The molecule has 0 aliphatic carbocycles. The maximum atomic E-state index is 12.6. The van der Waals surface area contributed by atoms with Crippen LogP contribution >= 0.6 is 11.8 Å². The fourth-order valence-electron chi connectivity index (χ4n) is 2.75. The van der Waals surface area contributed by atoms with Gasteiger partial charge in [-0.25, -0.2) is 0 Å². The van der Waals surface area contributed by atoms with Gasteiger partial charge in [-0.1, -0.05) is 25.1 Å². The number of carbonyl (C=O) groups excluding carboxylic acids is 2. The normalized spacial score (nSPS) is 16.8. The molecule has 0 bridgehead atoms. The zero-order chi connectivity index (χ0) is 17.8. The van der Waals surface area contributed by atoms with Crippen molar-refractivity contribution in [3.63, 3.8) is 0 Å². The number of hydrogen-bond acceptors (Lipinski definition) is 4. The Bertz CT molecular complexity index is 794. The average Bonchev–Trinajstić information content (AvgIpc) is 2.71. The van der Waals surface area contributed by atoms with E-state index in [-0.39, 0.29) is 23.6 Å². The number of nitrogens with one attached hydrogen (secondary N) is 1. The Labute approximate surface area is 151 Å². The fourth-order valence-corrected chi connectivity index (χ4v) is 3.86. The van der Waals surface area contributed by atoms with Crippen molar-refractivity contribution in [1.82, 2.24) is 0 Å². The number of ether oxygens (including phenoxy) is 1. The number of rotatable bonds is 4. The number of amides is 2. The Morgan fingerprint density at radius 1 is 1.28 bits per heavy atom. The van der Waals surface area contributed by atoms with Gasteiger partial charge >= 0.3 is 0 Å². The first-order valence-corrected chi connectivity index (χ1v) is 8.94. The molecule has 1 atom stereocenters. The number of hydrogen-bond donors (Lipinski definition) is 1. The van der Waals surface area contributed by atoms with Gasteiger partial charge in [0.15, 0.2) is 0 Å². The highest BCUT2D eigenvalue weighted by molar-refractivity contribution is 8.00. The van der Waals surface area contributed by atoms with Crippen LogP contribution in [0.15, 0.2) is 53.4 Å². The molecular weight excluding hydrogens is 336 g/mol. The summed E-state index contributed by atoms with van der Waals surface area (Å²) >= 11 is 1.67. The summed E-state index contributed by atoms with van der Waals surface area (Å²) in [6.07, 6.45) is 0.409. The SMILES string of the molecule is COc1cccc(NC(=O)CN2C(=O)CC(C)Sc3ccccc32)c1. The van der Waals surface area contributed by atoms with Crippen molar-refractivity contribution >= 4 is 35.0 Å². The summed E-state index contributed by atoms with van der Waals surface area (Å²) in [6.45, 7) is 2.01. The van der Waals surface area contributed by atoms with Crippen molar-refractivity contribution in [2.24, 2.45) is 0 Å². The molecule has 130 valence electrons. The smallest absolute Gasteiger partial charge is 0.244 e. The molecule has 2 amide bonds. The molecule has 3 rings (SSSR count). The van der Waals surface area contributed by atoms with E-state index in [1.807, 2.05) is 37.3 Å². The zero-order valence-corrected chi connectivity index (χ0v) is 15.0. The van der Waals surface area contributed by atoms with Crippen LogP contribution in [0.2, 0.25) is 0 Å².